The van der Waals surface area contributed by atoms with Gasteiger partial charge in [-0.1, -0.05) is 17.7 Å². The standard InChI is InChI=1S/C13H12ClN3O2/c1-8-9(4-3-5-15-8)10-6-12(14)16-7-11(10)17(2)13(18)19/h3-7H,1-2H3,(H,18,19). The fourth-order valence-corrected chi connectivity index (χ4v) is 1.94. The molecule has 2 rings (SSSR count). The highest BCUT2D eigenvalue weighted by atomic mass is 35.5. The summed E-state index contributed by atoms with van der Waals surface area (Å²) in [4.78, 5) is 20.3. The molecule has 0 aliphatic carbocycles. The summed E-state index contributed by atoms with van der Waals surface area (Å²) in [6.45, 7) is 1.86. The van der Waals surface area contributed by atoms with E-state index in [2.05, 4.69) is 9.97 Å². The Labute approximate surface area is 115 Å². The molecule has 0 aliphatic rings. The van der Waals surface area contributed by atoms with Crippen molar-refractivity contribution in [3.05, 3.63) is 41.4 Å². The number of aryl methyl sites for hydroxylation is 1. The van der Waals surface area contributed by atoms with Crippen molar-refractivity contribution < 1.29 is 9.90 Å². The summed E-state index contributed by atoms with van der Waals surface area (Å²) in [7, 11) is 1.46. The molecule has 5 nitrogen and oxygen atoms in total. The Balaban J connectivity index is 2.65. The number of amides is 1. The van der Waals surface area contributed by atoms with Crippen LogP contribution < -0.4 is 4.90 Å². The summed E-state index contributed by atoms with van der Waals surface area (Å²) < 4.78 is 0. The highest BCUT2D eigenvalue weighted by Crippen LogP contribution is 2.32. The number of halogens is 1. The molecule has 0 radical (unpaired) electrons. The molecule has 0 unspecified atom stereocenters. The van der Waals surface area contributed by atoms with E-state index in [1.165, 1.54) is 13.2 Å². The number of hydrogen-bond acceptors (Lipinski definition) is 3. The SMILES string of the molecule is Cc1ncccc1-c1cc(Cl)ncc1N(C)C(=O)O. The summed E-state index contributed by atoms with van der Waals surface area (Å²) in [5.74, 6) is 0. The number of nitrogens with zero attached hydrogens (tertiary/aromatic N) is 3. The lowest BCUT2D eigenvalue weighted by molar-refractivity contribution is 0.203. The van der Waals surface area contributed by atoms with E-state index in [1.807, 2.05) is 13.0 Å². The molecule has 1 amide bonds. The lowest BCUT2D eigenvalue weighted by Crippen LogP contribution is -2.24. The molecule has 0 aromatic carbocycles. The van der Waals surface area contributed by atoms with E-state index in [0.29, 0.717) is 16.4 Å². The van der Waals surface area contributed by atoms with Crippen LogP contribution in [0.2, 0.25) is 5.15 Å². The maximum Gasteiger partial charge on any atom is 0.411 e. The Morgan fingerprint density at radius 1 is 1.37 bits per heavy atom. The first-order chi connectivity index (χ1) is 9.00. The topological polar surface area (TPSA) is 66.3 Å². The third kappa shape index (κ3) is 2.66. The molecule has 0 aliphatic heterocycles. The minimum atomic E-state index is -1.06. The van der Waals surface area contributed by atoms with Gasteiger partial charge in [0.05, 0.1) is 11.9 Å². The van der Waals surface area contributed by atoms with Crippen LogP contribution in [0.4, 0.5) is 10.5 Å². The maximum atomic E-state index is 11.1. The number of carbonyl (C=O) groups is 1. The number of carboxylic acid groups (broad SMARTS) is 1. The number of anilines is 1. The van der Waals surface area contributed by atoms with Crippen molar-refractivity contribution >= 4 is 23.4 Å². The van der Waals surface area contributed by atoms with Crippen LogP contribution in [0.15, 0.2) is 30.6 Å². The van der Waals surface area contributed by atoms with Gasteiger partial charge in [-0.15, -0.1) is 0 Å². The predicted octanol–water partition coefficient (Wildman–Crippen LogP) is 3.22. The van der Waals surface area contributed by atoms with E-state index in [0.717, 1.165) is 16.2 Å². The molecule has 0 spiro atoms. The zero-order chi connectivity index (χ0) is 14.0. The van der Waals surface area contributed by atoms with Gasteiger partial charge in [-0.2, -0.15) is 0 Å². The van der Waals surface area contributed by atoms with Gasteiger partial charge in [-0.3, -0.25) is 9.88 Å². The molecule has 2 aromatic heterocycles. The Morgan fingerprint density at radius 2 is 2.11 bits per heavy atom. The minimum absolute atomic E-state index is 0.306. The van der Waals surface area contributed by atoms with Gasteiger partial charge in [0.1, 0.15) is 5.15 Å². The summed E-state index contributed by atoms with van der Waals surface area (Å²) >= 11 is 5.91. The van der Waals surface area contributed by atoms with Gasteiger partial charge < -0.3 is 5.11 Å². The van der Waals surface area contributed by atoms with Crippen LogP contribution in [0, 0.1) is 6.92 Å². The second-order valence-corrected chi connectivity index (χ2v) is 4.39. The Hall–Kier alpha value is -2.14. The van der Waals surface area contributed by atoms with Crippen molar-refractivity contribution in [2.75, 3.05) is 11.9 Å². The first-order valence-corrected chi connectivity index (χ1v) is 5.92. The van der Waals surface area contributed by atoms with E-state index in [4.69, 9.17) is 16.7 Å². The summed E-state index contributed by atoms with van der Waals surface area (Å²) in [6, 6.07) is 5.30. The average Bonchev–Trinajstić information content (AvgIpc) is 2.38. The first kappa shape index (κ1) is 13.3. The normalized spacial score (nSPS) is 10.3. The molecule has 0 atom stereocenters. The molecular formula is C13H12ClN3O2. The monoisotopic (exact) mass is 277 g/mol. The third-order valence-electron chi connectivity index (χ3n) is 2.79. The van der Waals surface area contributed by atoms with Crippen LogP contribution in [0.25, 0.3) is 11.1 Å². The van der Waals surface area contributed by atoms with Crippen LogP contribution in [-0.2, 0) is 0 Å². The predicted molar refractivity (Wildman–Crippen MR) is 73.6 cm³/mol. The van der Waals surface area contributed by atoms with Gasteiger partial charge in [0.25, 0.3) is 0 Å². The molecule has 0 fully saturated rings. The Kier molecular flexibility index (Phi) is 3.66. The van der Waals surface area contributed by atoms with Crippen LogP contribution in [0.3, 0.4) is 0 Å². The van der Waals surface area contributed by atoms with Crippen LogP contribution in [0.1, 0.15) is 5.69 Å². The van der Waals surface area contributed by atoms with Gasteiger partial charge in [0, 0.05) is 30.1 Å². The van der Waals surface area contributed by atoms with E-state index >= 15 is 0 Å². The highest BCUT2D eigenvalue weighted by molar-refractivity contribution is 6.29. The molecule has 0 bridgehead atoms. The number of aromatic nitrogens is 2. The molecule has 98 valence electrons. The summed E-state index contributed by atoms with van der Waals surface area (Å²) in [6.07, 6.45) is 2.06. The third-order valence-corrected chi connectivity index (χ3v) is 3.00. The zero-order valence-electron chi connectivity index (χ0n) is 10.5. The van der Waals surface area contributed by atoms with E-state index in [1.54, 1.807) is 18.3 Å². The van der Waals surface area contributed by atoms with Gasteiger partial charge in [-0.25, -0.2) is 9.78 Å². The number of hydrogen-bond donors (Lipinski definition) is 1. The van der Waals surface area contributed by atoms with Crippen molar-refractivity contribution in [1.29, 1.82) is 0 Å². The average molecular weight is 278 g/mol. The van der Waals surface area contributed by atoms with Crippen molar-refractivity contribution in [3.63, 3.8) is 0 Å². The molecule has 0 saturated carbocycles. The molecular weight excluding hydrogens is 266 g/mol. The molecule has 2 aromatic rings. The van der Waals surface area contributed by atoms with Crippen molar-refractivity contribution in [2.45, 2.75) is 6.92 Å². The highest BCUT2D eigenvalue weighted by Gasteiger charge is 2.16. The van der Waals surface area contributed by atoms with Gasteiger partial charge in [-0.05, 0) is 19.1 Å². The summed E-state index contributed by atoms with van der Waals surface area (Å²) in [5, 5.41) is 9.40. The lowest BCUT2D eigenvalue weighted by atomic mass is 10.0. The lowest BCUT2D eigenvalue weighted by Gasteiger charge is -2.18. The van der Waals surface area contributed by atoms with E-state index in [-0.39, 0.29) is 0 Å². The second-order valence-electron chi connectivity index (χ2n) is 4.00. The largest absolute Gasteiger partial charge is 0.465 e. The van der Waals surface area contributed by atoms with Crippen molar-refractivity contribution in [3.8, 4) is 11.1 Å². The smallest absolute Gasteiger partial charge is 0.411 e. The van der Waals surface area contributed by atoms with E-state index < -0.39 is 6.09 Å². The van der Waals surface area contributed by atoms with Crippen LogP contribution >= 0.6 is 11.6 Å². The van der Waals surface area contributed by atoms with Crippen molar-refractivity contribution in [2.24, 2.45) is 0 Å². The number of pyridine rings is 2. The Morgan fingerprint density at radius 3 is 2.74 bits per heavy atom. The second kappa shape index (κ2) is 5.24. The van der Waals surface area contributed by atoms with Crippen molar-refractivity contribution in [1.82, 2.24) is 9.97 Å². The minimum Gasteiger partial charge on any atom is -0.465 e. The first-order valence-electron chi connectivity index (χ1n) is 5.55. The van der Waals surface area contributed by atoms with E-state index in [9.17, 15) is 4.79 Å². The summed E-state index contributed by atoms with van der Waals surface area (Å²) in [5.41, 5.74) is 2.78. The molecule has 0 saturated heterocycles. The van der Waals surface area contributed by atoms with Crippen LogP contribution in [0.5, 0.6) is 0 Å². The molecule has 2 heterocycles. The zero-order valence-corrected chi connectivity index (χ0v) is 11.2. The molecule has 1 N–H and O–H groups in total. The maximum absolute atomic E-state index is 11.1. The molecule has 6 heteroatoms. The number of rotatable bonds is 2. The fraction of sp³-hybridized carbons (Fsp3) is 0.154. The molecule has 19 heavy (non-hydrogen) atoms. The van der Waals surface area contributed by atoms with Gasteiger partial charge in [0.15, 0.2) is 0 Å². The van der Waals surface area contributed by atoms with Crippen LogP contribution in [-0.4, -0.2) is 28.2 Å². The van der Waals surface area contributed by atoms with Gasteiger partial charge >= 0.3 is 6.09 Å². The quantitative estimate of drug-likeness (QED) is 0.856. The van der Waals surface area contributed by atoms with Gasteiger partial charge in [0.2, 0.25) is 0 Å². The fourth-order valence-electron chi connectivity index (χ4n) is 1.78. The Bertz CT molecular complexity index is 631.